The molecule has 1 heterocycles. The molecule has 1 fully saturated rings. The Morgan fingerprint density at radius 3 is 3.06 bits per heavy atom. The highest BCUT2D eigenvalue weighted by Crippen LogP contribution is 2.29. The van der Waals surface area contributed by atoms with Crippen molar-refractivity contribution in [2.75, 3.05) is 12.3 Å². The highest BCUT2D eigenvalue weighted by molar-refractivity contribution is 7.13. The zero-order valence-corrected chi connectivity index (χ0v) is 10.9. The Bertz CT molecular complexity index is 391. The Morgan fingerprint density at radius 2 is 2.47 bits per heavy atom. The van der Waals surface area contributed by atoms with Crippen molar-refractivity contribution in [1.29, 1.82) is 0 Å². The number of aromatic nitrogens is 1. The van der Waals surface area contributed by atoms with E-state index in [1.54, 1.807) is 0 Å². The van der Waals surface area contributed by atoms with Gasteiger partial charge in [0.2, 0.25) is 5.91 Å². The Morgan fingerprint density at radius 1 is 1.65 bits per heavy atom. The molecule has 5 heteroatoms. The molecule has 0 saturated heterocycles. The molecular weight excluding hydrogens is 234 g/mol. The maximum atomic E-state index is 11.7. The number of rotatable bonds is 4. The Kier molecular flexibility index (Phi) is 3.99. The van der Waals surface area contributed by atoms with E-state index in [1.165, 1.54) is 30.6 Å². The average Bonchev–Trinajstić information content (AvgIpc) is 2.85. The number of carbonyl (C=O) groups excluding carboxylic acids is 1. The first kappa shape index (κ1) is 12.4. The maximum absolute atomic E-state index is 11.7. The Labute approximate surface area is 106 Å². The third-order valence-electron chi connectivity index (χ3n) is 3.30. The lowest BCUT2D eigenvalue weighted by Crippen LogP contribution is -2.29. The summed E-state index contributed by atoms with van der Waals surface area (Å²) in [6.07, 6.45) is 4.12. The molecule has 2 rings (SSSR count). The van der Waals surface area contributed by atoms with Gasteiger partial charge in [-0.25, -0.2) is 4.98 Å². The second-order valence-electron chi connectivity index (χ2n) is 4.94. The first-order valence-corrected chi connectivity index (χ1v) is 6.98. The van der Waals surface area contributed by atoms with Gasteiger partial charge in [-0.05, 0) is 24.7 Å². The number of hydrogen-bond acceptors (Lipinski definition) is 4. The molecule has 1 aliphatic rings. The predicted octanol–water partition coefficient (Wildman–Crippen LogP) is 1.82. The van der Waals surface area contributed by atoms with Gasteiger partial charge in [0.05, 0.1) is 12.1 Å². The second-order valence-corrected chi connectivity index (χ2v) is 5.83. The van der Waals surface area contributed by atoms with Crippen molar-refractivity contribution in [1.82, 2.24) is 10.3 Å². The fourth-order valence-electron chi connectivity index (χ4n) is 2.40. The molecule has 94 valence electrons. The summed E-state index contributed by atoms with van der Waals surface area (Å²) in [5.74, 6) is 1.53. The van der Waals surface area contributed by atoms with E-state index in [0.29, 0.717) is 17.5 Å². The van der Waals surface area contributed by atoms with Crippen molar-refractivity contribution < 1.29 is 4.79 Å². The van der Waals surface area contributed by atoms with E-state index in [0.717, 1.165) is 18.2 Å². The van der Waals surface area contributed by atoms with Crippen LogP contribution in [0.2, 0.25) is 0 Å². The number of carbonyl (C=O) groups is 1. The third-order valence-corrected chi connectivity index (χ3v) is 4.03. The van der Waals surface area contributed by atoms with Crippen molar-refractivity contribution >= 4 is 22.4 Å². The van der Waals surface area contributed by atoms with Crippen LogP contribution in [0.25, 0.3) is 0 Å². The predicted molar refractivity (Wildman–Crippen MR) is 69.7 cm³/mol. The van der Waals surface area contributed by atoms with Crippen molar-refractivity contribution in [3.8, 4) is 0 Å². The zero-order valence-electron chi connectivity index (χ0n) is 10.1. The molecule has 1 saturated carbocycles. The summed E-state index contributed by atoms with van der Waals surface area (Å²) in [7, 11) is 0. The fraction of sp³-hybridized carbons (Fsp3) is 0.667. The summed E-state index contributed by atoms with van der Waals surface area (Å²) >= 11 is 1.38. The second kappa shape index (κ2) is 5.49. The number of nitrogens with two attached hydrogens (primary N) is 1. The highest BCUT2D eigenvalue weighted by Gasteiger charge is 2.21. The van der Waals surface area contributed by atoms with Crippen molar-refractivity contribution in [2.45, 2.75) is 32.6 Å². The van der Waals surface area contributed by atoms with Crippen LogP contribution in [0.3, 0.4) is 0 Å². The van der Waals surface area contributed by atoms with Gasteiger partial charge in [0.1, 0.15) is 0 Å². The SMILES string of the molecule is CC1CCC(CNC(=O)Cc2csc(N)n2)C1. The molecule has 4 nitrogen and oxygen atoms in total. The van der Waals surface area contributed by atoms with E-state index >= 15 is 0 Å². The summed E-state index contributed by atoms with van der Waals surface area (Å²) in [4.78, 5) is 15.8. The summed E-state index contributed by atoms with van der Waals surface area (Å²) in [5.41, 5.74) is 6.29. The minimum atomic E-state index is 0.0508. The first-order chi connectivity index (χ1) is 8.13. The van der Waals surface area contributed by atoms with Crippen molar-refractivity contribution in [3.05, 3.63) is 11.1 Å². The summed E-state index contributed by atoms with van der Waals surface area (Å²) in [6.45, 7) is 3.09. The van der Waals surface area contributed by atoms with Gasteiger partial charge in [-0.3, -0.25) is 4.79 Å². The normalized spacial score (nSPS) is 23.8. The maximum Gasteiger partial charge on any atom is 0.226 e. The van der Waals surface area contributed by atoms with Crippen LogP contribution in [0.4, 0.5) is 5.13 Å². The van der Waals surface area contributed by atoms with Crippen LogP contribution in [-0.4, -0.2) is 17.4 Å². The molecule has 1 amide bonds. The molecule has 17 heavy (non-hydrogen) atoms. The van der Waals surface area contributed by atoms with Gasteiger partial charge in [0, 0.05) is 11.9 Å². The number of nitrogens with one attached hydrogen (secondary N) is 1. The Hall–Kier alpha value is -1.10. The van der Waals surface area contributed by atoms with Gasteiger partial charge in [-0.2, -0.15) is 0 Å². The average molecular weight is 253 g/mol. The molecule has 1 aliphatic carbocycles. The molecule has 0 spiro atoms. The minimum Gasteiger partial charge on any atom is -0.375 e. The molecule has 0 aromatic carbocycles. The molecule has 0 radical (unpaired) electrons. The number of anilines is 1. The van der Waals surface area contributed by atoms with Gasteiger partial charge in [0.15, 0.2) is 5.13 Å². The lowest BCUT2D eigenvalue weighted by atomic mass is 10.1. The fourth-order valence-corrected chi connectivity index (χ4v) is 2.96. The summed E-state index contributed by atoms with van der Waals surface area (Å²) < 4.78 is 0. The number of nitrogen functional groups attached to an aromatic ring is 1. The van der Waals surface area contributed by atoms with Crippen LogP contribution in [0, 0.1) is 11.8 Å². The van der Waals surface area contributed by atoms with Crippen molar-refractivity contribution in [3.63, 3.8) is 0 Å². The van der Waals surface area contributed by atoms with Gasteiger partial charge >= 0.3 is 0 Å². The smallest absolute Gasteiger partial charge is 0.226 e. The van der Waals surface area contributed by atoms with Crippen LogP contribution >= 0.6 is 11.3 Å². The van der Waals surface area contributed by atoms with E-state index in [9.17, 15) is 4.79 Å². The van der Waals surface area contributed by atoms with Gasteiger partial charge < -0.3 is 11.1 Å². The van der Waals surface area contributed by atoms with E-state index in [2.05, 4.69) is 17.2 Å². The molecule has 3 N–H and O–H groups in total. The Balaban J connectivity index is 1.71. The summed E-state index contributed by atoms with van der Waals surface area (Å²) in [5, 5.41) is 5.35. The first-order valence-electron chi connectivity index (χ1n) is 6.10. The van der Waals surface area contributed by atoms with Crippen LogP contribution in [0.15, 0.2) is 5.38 Å². The van der Waals surface area contributed by atoms with E-state index in [1.807, 2.05) is 5.38 Å². The number of nitrogens with zero attached hydrogens (tertiary/aromatic N) is 1. The van der Waals surface area contributed by atoms with Crippen LogP contribution < -0.4 is 11.1 Å². The highest BCUT2D eigenvalue weighted by atomic mass is 32.1. The molecule has 0 aliphatic heterocycles. The van der Waals surface area contributed by atoms with Gasteiger partial charge in [-0.1, -0.05) is 13.3 Å². The topological polar surface area (TPSA) is 68.0 Å². The summed E-state index contributed by atoms with van der Waals surface area (Å²) in [6, 6.07) is 0. The molecule has 1 aromatic rings. The largest absolute Gasteiger partial charge is 0.375 e. The van der Waals surface area contributed by atoms with Crippen LogP contribution in [0.1, 0.15) is 31.9 Å². The van der Waals surface area contributed by atoms with E-state index in [4.69, 9.17) is 5.73 Å². The monoisotopic (exact) mass is 253 g/mol. The standard InChI is InChI=1S/C12H19N3OS/c1-8-2-3-9(4-8)6-14-11(16)5-10-7-17-12(13)15-10/h7-9H,2-6H2,1H3,(H2,13,15)(H,14,16). The lowest BCUT2D eigenvalue weighted by Gasteiger charge is -2.10. The van der Waals surface area contributed by atoms with Crippen molar-refractivity contribution in [2.24, 2.45) is 11.8 Å². The van der Waals surface area contributed by atoms with Crippen LogP contribution in [-0.2, 0) is 11.2 Å². The zero-order chi connectivity index (χ0) is 12.3. The number of amides is 1. The molecule has 2 unspecified atom stereocenters. The number of thiazole rings is 1. The van der Waals surface area contributed by atoms with Gasteiger partial charge in [-0.15, -0.1) is 11.3 Å². The molecular formula is C12H19N3OS. The molecule has 1 aromatic heterocycles. The molecule has 2 atom stereocenters. The van der Waals surface area contributed by atoms with Gasteiger partial charge in [0.25, 0.3) is 0 Å². The third kappa shape index (κ3) is 3.70. The number of hydrogen-bond donors (Lipinski definition) is 2. The lowest BCUT2D eigenvalue weighted by molar-refractivity contribution is -0.120. The van der Waals surface area contributed by atoms with Crippen LogP contribution in [0.5, 0.6) is 0 Å². The quantitative estimate of drug-likeness (QED) is 0.860. The minimum absolute atomic E-state index is 0.0508. The van der Waals surface area contributed by atoms with E-state index in [-0.39, 0.29) is 5.91 Å². The van der Waals surface area contributed by atoms with E-state index < -0.39 is 0 Å². The molecule has 0 bridgehead atoms.